The van der Waals surface area contributed by atoms with Crippen LogP contribution in [0.3, 0.4) is 0 Å². The molecular formula is C18H20FN3O. The highest BCUT2D eigenvalue weighted by Gasteiger charge is 2.10. The Balaban J connectivity index is 2.25. The Morgan fingerprint density at radius 3 is 2.61 bits per heavy atom. The van der Waals surface area contributed by atoms with Crippen LogP contribution >= 0.6 is 0 Å². The minimum Gasteiger partial charge on any atom is -0.508 e. The third kappa shape index (κ3) is 3.63. The van der Waals surface area contributed by atoms with Crippen LogP contribution in [0, 0.1) is 5.82 Å². The molecule has 0 aromatic heterocycles. The quantitative estimate of drug-likeness (QED) is 0.484. The lowest BCUT2D eigenvalue weighted by Gasteiger charge is -2.15. The summed E-state index contributed by atoms with van der Waals surface area (Å²) in [6.45, 7) is 7.78. The smallest absolute Gasteiger partial charge is 0.124 e. The van der Waals surface area contributed by atoms with E-state index in [2.05, 4.69) is 23.8 Å². The van der Waals surface area contributed by atoms with Crippen molar-refractivity contribution in [3.05, 3.63) is 72.1 Å². The fourth-order valence-electron chi connectivity index (χ4n) is 2.26. The van der Waals surface area contributed by atoms with Crippen molar-refractivity contribution in [2.45, 2.75) is 6.54 Å². The number of nitrogens with two attached hydrogens (primary N) is 1. The van der Waals surface area contributed by atoms with Gasteiger partial charge in [0.2, 0.25) is 0 Å². The van der Waals surface area contributed by atoms with Gasteiger partial charge >= 0.3 is 0 Å². The first kappa shape index (κ1) is 16.4. The molecule has 0 heterocycles. The molecule has 0 bridgehead atoms. The summed E-state index contributed by atoms with van der Waals surface area (Å²) in [5.74, 6) is -0.634. The number of hydrogen-bond acceptors (Lipinski definition) is 4. The van der Waals surface area contributed by atoms with Gasteiger partial charge in [-0.05, 0) is 23.8 Å². The Hall–Kier alpha value is -2.95. The summed E-state index contributed by atoms with van der Waals surface area (Å²) < 4.78 is 13.3. The maximum absolute atomic E-state index is 13.3. The Kier molecular flexibility index (Phi) is 4.91. The van der Waals surface area contributed by atoms with Gasteiger partial charge in [0.15, 0.2) is 0 Å². The van der Waals surface area contributed by atoms with Gasteiger partial charge in [-0.3, -0.25) is 0 Å². The SMILES string of the molecule is C=C(O)c1cc(F)ccc1NCc1cccc(C(=C)NC)c1N. The van der Waals surface area contributed by atoms with Gasteiger partial charge in [0, 0.05) is 41.8 Å². The number of nitrogens with one attached hydrogen (secondary N) is 2. The normalized spacial score (nSPS) is 10.2. The van der Waals surface area contributed by atoms with Crippen LogP contribution in [0.5, 0.6) is 0 Å². The summed E-state index contributed by atoms with van der Waals surface area (Å²) in [6, 6.07) is 9.77. The number of hydrogen-bond donors (Lipinski definition) is 4. The van der Waals surface area contributed by atoms with Gasteiger partial charge in [-0.25, -0.2) is 4.39 Å². The van der Waals surface area contributed by atoms with Crippen molar-refractivity contribution >= 4 is 22.8 Å². The number of nitrogen functional groups attached to an aromatic ring is 1. The predicted molar refractivity (Wildman–Crippen MR) is 94.3 cm³/mol. The van der Waals surface area contributed by atoms with Gasteiger partial charge in [0.1, 0.15) is 11.6 Å². The van der Waals surface area contributed by atoms with E-state index in [1.54, 1.807) is 13.1 Å². The molecule has 0 fully saturated rings. The fourth-order valence-corrected chi connectivity index (χ4v) is 2.26. The molecule has 0 aliphatic carbocycles. The van der Waals surface area contributed by atoms with Crippen LogP contribution in [0.25, 0.3) is 11.5 Å². The van der Waals surface area contributed by atoms with E-state index < -0.39 is 5.82 Å². The first-order chi connectivity index (χ1) is 10.9. The van der Waals surface area contributed by atoms with Gasteiger partial charge in [-0.1, -0.05) is 31.4 Å². The van der Waals surface area contributed by atoms with E-state index in [1.165, 1.54) is 12.1 Å². The maximum atomic E-state index is 13.3. The van der Waals surface area contributed by atoms with Gasteiger partial charge < -0.3 is 21.5 Å². The van der Waals surface area contributed by atoms with E-state index in [1.807, 2.05) is 18.2 Å². The lowest BCUT2D eigenvalue weighted by atomic mass is 10.0. The minimum absolute atomic E-state index is 0.197. The van der Waals surface area contributed by atoms with E-state index >= 15 is 0 Å². The van der Waals surface area contributed by atoms with E-state index in [0.717, 1.165) is 16.8 Å². The molecule has 0 radical (unpaired) electrons. The van der Waals surface area contributed by atoms with Crippen molar-refractivity contribution in [3.8, 4) is 0 Å². The summed E-state index contributed by atoms with van der Waals surface area (Å²) >= 11 is 0. The molecule has 0 aliphatic heterocycles. The summed E-state index contributed by atoms with van der Waals surface area (Å²) in [5, 5.41) is 15.7. The highest BCUT2D eigenvalue weighted by Crippen LogP contribution is 2.26. The maximum Gasteiger partial charge on any atom is 0.124 e. The number of benzene rings is 2. The lowest BCUT2D eigenvalue weighted by Crippen LogP contribution is -2.10. The van der Waals surface area contributed by atoms with Crippen molar-refractivity contribution in [1.82, 2.24) is 5.32 Å². The Morgan fingerprint density at radius 1 is 1.22 bits per heavy atom. The molecule has 4 nitrogen and oxygen atoms in total. The monoisotopic (exact) mass is 313 g/mol. The van der Waals surface area contributed by atoms with Gasteiger partial charge in [0.05, 0.1) is 0 Å². The Labute approximate surface area is 135 Å². The van der Waals surface area contributed by atoms with Crippen molar-refractivity contribution in [2.75, 3.05) is 18.1 Å². The molecule has 0 amide bonds. The number of anilines is 2. The van der Waals surface area contributed by atoms with Crippen LogP contribution in [0.4, 0.5) is 15.8 Å². The molecule has 2 rings (SSSR count). The lowest BCUT2D eigenvalue weighted by molar-refractivity contribution is 0.513. The van der Waals surface area contributed by atoms with Crippen LogP contribution in [-0.4, -0.2) is 12.2 Å². The van der Waals surface area contributed by atoms with E-state index in [-0.39, 0.29) is 5.76 Å². The van der Waals surface area contributed by atoms with Gasteiger partial charge in [-0.2, -0.15) is 0 Å². The molecule has 2 aromatic carbocycles. The molecule has 0 saturated heterocycles. The topological polar surface area (TPSA) is 70.3 Å². The molecule has 0 spiro atoms. The third-order valence-corrected chi connectivity index (χ3v) is 3.59. The number of halogens is 1. The Bertz CT molecular complexity index is 756. The van der Waals surface area contributed by atoms with Crippen LogP contribution < -0.4 is 16.4 Å². The largest absolute Gasteiger partial charge is 0.508 e. The van der Waals surface area contributed by atoms with Crippen molar-refractivity contribution < 1.29 is 9.50 Å². The van der Waals surface area contributed by atoms with E-state index in [9.17, 15) is 9.50 Å². The van der Waals surface area contributed by atoms with E-state index in [4.69, 9.17) is 5.73 Å². The predicted octanol–water partition coefficient (Wildman–Crippen LogP) is 3.74. The molecule has 0 aliphatic rings. The molecule has 0 unspecified atom stereocenters. The standard InChI is InChI=1S/C18H20FN3O/c1-11(21-3)15-6-4-5-13(18(15)20)10-22-17-8-7-14(19)9-16(17)12(2)23/h4-9,21-23H,1-2,10,20H2,3H3. The molecule has 0 atom stereocenters. The molecule has 5 N–H and O–H groups in total. The highest BCUT2D eigenvalue weighted by molar-refractivity contribution is 5.75. The fraction of sp³-hybridized carbons (Fsp3) is 0.111. The molecule has 120 valence electrons. The van der Waals surface area contributed by atoms with Crippen molar-refractivity contribution in [1.29, 1.82) is 0 Å². The first-order valence-corrected chi connectivity index (χ1v) is 7.10. The average Bonchev–Trinajstić information content (AvgIpc) is 2.54. The first-order valence-electron chi connectivity index (χ1n) is 7.10. The molecule has 23 heavy (non-hydrogen) atoms. The molecule has 2 aromatic rings. The second-order valence-electron chi connectivity index (χ2n) is 5.10. The summed E-state index contributed by atoms with van der Waals surface area (Å²) in [6.07, 6.45) is 0. The van der Waals surface area contributed by atoms with Crippen LogP contribution in [0.2, 0.25) is 0 Å². The van der Waals surface area contributed by atoms with Crippen LogP contribution in [0.1, 0.15) is 16.7 Å². The second-order valence-corrected chi connectivity index (χ2v) is 5.10. The number of aliphatic hydroxyl groups excluding tert-OH is 1. The van der Waals surface area contributed by atoms with E-state index in [0.29, 0.717) is 23.5 Å². The Morgan fingerprint density at radius 2 is 1.96 bits per heavy atom. The summed E-state index contributed by atoms with van der Waals surface area (Å²) in [7, 11) is 1.78. The number of aliphatic hydroxyl groups is 1. The summed E-state index contributed by atoms with van der Waals surface area (Å²) in [5.41, 5.74) is 10.1. The number of para-hydroxylation sites is 1. The zero-order valence-electron chi connectivity index (χ0n) is 13.0. The van der Waals surface area contributed by atoms with Crippen LogP contribution in [-0.2, 0) is 6.54 Å². The molecule has 0 saturated carbocycles. The summed E-state index contributed by atoms with van der Waals surface area (Å²) in [4.78, 5) is 0. The van der Waals surface area contributed by atoms with Gasteiger partial charge in [0.25, 0.3) is 0 Å². The average molecular weight is 313 g/mol. The third-order valence-electron chi connectivity index (χ3n) is 3.59. The zero-order valence-corrected chi connectivity index (χ0v) is 13.0. The molecular weight excluding hydrogens is 293 g/mol. The second kappa shape index (κ2) is 6.87. The van der Waals surface area contributed by atoms with Gasteiger partial charge in [-0.15, -0.1) is 0 Å². The van der Waals surface area contributed by atoms with Crippen LogP contribution in [0.15, 0.2) is 49.6 Å². The van der Waals surface area contributed by atoms with Crippen molar-refractivity contribution in [3.63, 3.8) is 0 Å². The van der Waals surface area contributed by atoms with Crippen molar-refractivity contribution in [2.24, 2.45) is 0 Å². The number of rotatable bonds is 6. The minimum atomic E-state index is -0.437. The highest BCUT2D eigenvalue weighted by atomic mass is 19.1. The zero-order chi connectivity index (χ0) is 17.0. The molecule has 5 heteroatoms.